The Morgan fingerprint density at radius 1 is 1.32 bits per heavy atom. The van der Waals surface area contributed by atoms with Crippen molar-refractivity contribution in [2.45, 2.75) is 39.1 Å². The average Bonchev–Trinajstić information content (AvgIpc) is 2.38. The van der Waals surface area contributed by atoms with E-state index in [1.54, 1.807) is 18.2 Å². The first kappa shape index (κ1) is 14.4. The van der Waals surface area contributed by atoms with Gasteiger partial charge >= 0.3 is 0 Å². The summed E-state index contributed by atoms with van der Waals surface area (Å²) in [7, 11) is 0. The van der Waals surface area contributed by atoms with E-state index >= 15 is 0 Å². The van der Waals surface area contributed by atoms with Crippen molar-refractivity contribution in [3.63, 3.8) is 0 Å². The lowest BCUT2D eigenvalue weighted by atomic mass is 9.95. The topological polar surface area (TPSA) is 38.7 Å². The summed E-state index contributed by atoms with van der Waals surface area (Å²) < 4.78 is 24.7. The second-order valence-corrected chi connectivity index (χ2v) is 5.83. The van der Waals surface area contributed by atoms with Gasteiger partial charge in [0.1, 0.15) is 5.82 Å². The zero-order valence-corrected chi connectivity index (χ0v) is 11.4. The van der Waals surface area contributed by atoms with Gasteiger partial charge in [0.25, 0.3) is 0 Å². The summed E-state index contributed by atoms with van der Waals surface area (Å²) in [4.78, 5) is 0. The molecule has 4 heteroatoms. The zero-order chi connectivity index (χ0) is 13.9. The number of hydrogen-bond donors (Lipinski definition) is 1. The minimum absolute atomic E-state index is 0.0423. The highest BCUT2D eigenvalue weighted by atomic mass is 19.1. The molecule has 1 unspecified atom stereocenters. The second-order valence-electron chi connectivity index (χ2n) is 5.83. The highest BCUT2D eigenvalue weighted by Gasteiger charge is 2.28. The van der Waals surface area contributed by atoms with Crippen molar-refractivity contribution in [1.29, 1.82) is 0 Å². The molecule has 0 amide bonds. The maximum absolute atomic E-state index is 13.5. The molecule has 1 aliphatic rings. The summed E-state index contributed by atoms with van der Waals surface area (Å²) >= 11 is 0. The van der Waals surface area contributed by atoms with Gasteiger partial charge in [-0.25, -0.2) is 4.39 Å². The van der Waals surface area contributed by atoms with Crippen LogP contribution in [0.4, 0.5) is 4.39 Å². The monoisotopic (exact) mass is 268 g/mol. The van der Waals surface area contributed by atoms with Gasteiger partial charge in [-0.3, -0.25) is 0 Å². The van der Waals surface area contributed by atoms with E-state index < -0.39 is 6.10 Å². The molecule has 0 aromatic heterocycles. The molecule has 1 atom stereocenters. The zero-order valence-electron chi connectivity index (χ0n) is 11.4. The van der Waals surface area contributed by atoms with Gasteiger partial charge in [-0.2, -0.15) is 0 Å². The minimum atomic E-state index is -0.816. The molecule has 1 aromatic rings. The summed E-state index contributed by atoms with van der Waals surface area (Å²) in [6.45, 7) is 5.45. The van der Waals surface area contributed by atoms with Crippen molar-refractivity contribution in [1.82, 2.24) is 0 Å². The second kappa shape index (κ2) is 5.99. The standard InChI is InChI=1S/C15H21FO3/c1-15(2)9-18-14(19-10-15)8-7-13(17)11-5-3-4-6-12(11)16/h3-6,13-14,17H,7-10H2,1-2H3. The van der Waals surface area contributed by atoms with Crippen LogP contribution in [-0.4, -0.2) is 24.6 Å². The van der Waals surface area contributed by atoms with Crippen LogP contribution in [0, 0.1) is 11.2 Å². The van der Waals surface area contributed by atoms with E-state index in [2.05, 4.69) is 13.8 Å². The van der Waals surface area contributed by atoms with Gasteiger partial charge in [0, 0.05) is 17.4 Å². The van der Waals surface area contributed by atoms with E-state index in [0.29, 0.717) is 31.6 Å². The quantitative estimate of drug-likeness (QED) is 0.912. The number of halogens is 1. The van der Waals surface area contributed by atoms with Crippen molar-refractivity contribution in [2.75, 3.05) is 13.2 Å². The third kappa shape index (κ3) is 4.00. The lowest BCUT2D eigenvalue weighted by molar-refractivity contribution is -0.225. The van der Waals surface area contributed by atoms with Crippen LogP contribution >= 0.6 is 0 Å². The van der Waals surface area contributed by atoms with Crippen molar-refractivity contribution < 1.29 is 19.0 Å². The lowest BCUT2D eigenvalue weighted by Gasteiger charge is -2.34. The maximum Gasteiger partial charge on any atom is 0.157 e. The Labute approximate surface area is 113 Å². The van der Waals surface area contributed by atoms with E-state index in [4.69, 9.17) is 9.47 Å². The smallest absolute Gasteiger partial charge is 0.157 e. The summed E-state index contributed by atoms with van der Waals surface area (Å²) in [5, 5.41) is 9.98. The van der Waals surface area contributed by atoms with Crippen molar-refractivity contribution >= 4 is 0 Å². The van der Waals surface area contributed by atoms with Gasteiger partial charge in [-0.15, -0.1) is 0 Å². The fourth-order valence-electron chi connectivity index (χ4n) is 2.09. The molecule has 0 aliphatic carbocycles. The summed E-state index contributed by atoms with van der Waals surface area (Å²) in [6, 6.07) is 6.29. The minimum Gasteiger partial charge on any atom is -0.388 e. The largest absolute Gasteiger partial charge is 0.388 e. The molecular formula is C15H21FO3. The molecule has 2 rings (SSSR count). The number of rotatable bonds is 4. The Morgan fingerprint density at radius 2 is 1.95 bits per heavy atom. The molecule has 1 heterocycles. The Balaban J connectivity index is 1.82. The van der Waals surface area contributed by atoms with Gasteiger partial charge in [-0.1, -0.05) is 32.0 Å². The van der Waals surface area contributed by atoms with Crippen LogP contribution < -0.4 is 0 Å². The molecular weight excluding hydrogens is 247 g/mol. The summed E-state index contributed by atoms with van der Waals surface area (Å²) in [5.41, 5.74) is 0.374. The van der Waals surface area contributed by atoms with Gasteiger partial charge in [0.15, 0.2) is 6.29 Å². The Morgan fingerprint density at radius 3 is 2.58 bits per heavy atom. The predicted molar refractivity (Wildman–Crippen MR) is 70.1 cm³/mol. The van der Waals surface area contributed by atoms with Crippen LogP contribution in [-0.2, 0) is 9.47 Å². The molecule has 0 spiro atoms. The molecule has 3 nitrogen and oxygen atoms in total. The number of benzene rings is 1. The van der Waals surface area contributed by atoms with Crippen LogP contribution in [0.3, 0.4) is 0 Å². The molecule has 0 saturated carbocycles. The van der Waals surface area contributed by atoms with Gasteiger partial charge in [-0.05, 0) is 12.5 Å². The molecule has 1 fully saturated rings. The average molecular weight is 268 g/mol. The van der Waals surface area contributed by atoms with E-state index in [9.17, 15) is 9.50 Å². The van der Waals surface area contributed by atoms with Crippen LogP contribution in [0.2, 0.25) is 0 Å². The molecule has 106 valence electrons. The number of aliphatic hydroxyl groups excluding tert-OH is 1. The fourth-order valence-corrected chi connectivity index (χ4v) is 2.09. The van der Waals surface area contributed by atoms with E-state index in [1.807, 2.05) is 0 Å². The molecule has 0 radical (unpaired) electrons. The van der Waals surface area contributed by atoms with E-state index in [1.165, 1.54) is 6.07 Å². The molecule has 19 heavy (non-hydrogen) atoms. The lowest BCUT2D eigenvalue weighted by Crippen LogP contribution is -2.37. The Bertz CT molecular complexity index is 410. The van der Waals surface area contributed by atoms with E-state index in [0.717, 1.165) is 0 Å². The van der Waals surface area contributed by atoms with Crippen LogP contribution in [0.5, 0.6) is 0 Å². The molecule has 1 N–H and O–H groups in total. The maximum atomic E-state index is 13.5. The molecule has 1 saturated heterocycles. The van der Waals surface area contributed by atoms with Crippen molar-refractivity contribution in [2.24, 2.45) is 5.41 Å². The van der Waals surface area contributed by atoms with Gasteiger partial charge in [0.05, 0.1) is 19.3 Å². The fraction of sp³-hybridized carbons (Fsp3) is 0.600. The first-order valence-electron chi connectivity index (χ1n) is 6.64. The predicted octanol–water partition coefficient (Wildman–Crippen LogP) is 3.04. The Kier molecular flexibility index (Phi) is 4.55. The summed E-state index contributed by atoms with van der Waals surface area (Å²) in [5.74, 6) is -0.374. The number of hydrogen-bond acceptors (Lipinski definition) is 3. The molecule has 1 aliphatic heterocycles. The van der Waals surface area contributed by atoms with Crippen molar-refractivity contribution in [3.05, 3.63) is 35.6 Å². The highest BCUT2D eigenvalue weighted by Crippen LogP contribution is 2.27. The molecule has 0 bridgehead atoms. The van der Waals surface area contributed by atoms with Crippen LogP contribution in [0.25, 0.3) is 0 Å². The molecule has 1 aromatic carbocycles. The third-order valence-electron chi connectivity index (χ3n) is 3.26. The van der Waals surface area contributed by atoms with Crippen molar-refractivity contribution in [3.8, 4) is 0 Å². The van der Waals surface area contributed by atoms with Crippen LogP contribution in [0.15, 0.2) is 24.3 Å². The van der Waals surface area contributed by atoms with Crippen LogP contribution in [0.1, 0.15) is 38.4 Å². The first-order chi connectivity index (χ1) is 8.98. The SMILES string of the molecule is CC1(C)COC(CCC(O)c2ccccc2F)OC1. The highest BCUT2D eigenvalue weighted by molar-refractivity contribution is 5.19. The van der Waals surface area contributed by atoms with Gasteiger partial charge in [0.2, 0.25) is 0 Å². The number of aliphatic hydroxyl groups is 1. The van der Waals surface area contributed by atoms with Gasteiger partial charge < -0.3 is 14.6 Å². The Hall–Kier alpha value is -0.970. The number of ether oxygens (including phenoxy) is 2. The normalized spacial score (nSPS) is 21.3. The van der Waals surface area contributed by atoms with E-state index in [-0.39, 0.29) is 17.5 Å². The first-order valence-corrected chi connectivity index (χ1v) is 6.64. The third-order valence-corrected chi connectivity index (χ3v) is 3.26. The summed E-state index contributed by atoms with van der Waals surface area (Å²) in [6.07, 6.45) is -0.129.